The summed E-state index contributed by atoms with van der Waals surface area (Å²) in [5.41, 5.74) is 0.437. The van der Waals surface area contributed by atoms with E-state index in [0.29, 0.717) is 6.42 Å². The first-order valence-electron chi connectivity index (χ1n) is 4.61. The summed E-state index contributed by atoms with van der Waals surface area (Å²) >= 11 is 0. The van der Waals surface area contributed by atoms with Crippen molar-refractivity contribution in [1.82, 2.24) is 0 Å². The van der Waals surface area contributed by atoms with Gasteiger partial charge in [0, 0.05) is 0 Å². The summed E-state index contributed by atoms with van der Waals surface area (Å²) in [4.78, 5) is 11.7. The summed E-state index contributed by atoms with van der Waals surface area (Å²) in [5, 5.41) is 0. The molecule has 0 aromatic rings. The maximum atomic E-state index is 11.7. The summed E-state index contributed by atoms with van der Waals surface area (Å²) in [6, 6.07) is 0. The Morgan fingerprint density at radius 3 is 3.07 bits per heavy atom. The third-order valence-corrected chi connectivity index (χ3v) is 2.68. The molecule has 0 fully saturated rings. The number of allylic oxidation sites excluding steroid dienone is 6. The number of hydrogen-bond donors (Lipinski definition) is 0. The summed E-state index contributed by atoms with van der Waals surface area (Å²) < 4.78 is 4.85. The van der Waals surface area contributed by atoms with Crippen LogP contribution < -0.4 is 0 Å². The van der Waals surface area contributed by atoms with Crippen LogP contribution in [0.3, 0.4) is 0 Å². The number of carbonyl (C=O) groups excluding carboxylic acids is 1. The van der Waals surface area contributed by atoms with Crippen LogP contribution in [0.1, 0.15) is 6.42 Å². The van der Waals surface area contributed by atoms with Crippen LogP contribution in [0.5, 0.6) is 0 Å². The van der Waals surface area contributed by atoms with E-state index in [2.05, 4.69) is 0 Å². The summed E-state index contributed by atoms with van der Waals surface area (Å²) in [6.07, 6.45) is 14.3. The van der Waals surface area contributed by atoms with Crippen LogP contribution in [0.2, 0.25) is 0 Å². The SMILES string of the molecule is COC(=O)C12C=CC=CC1=CC=CC2. The van der Waals surface area contributed by atoms with Crippen molar-refractivity contribution in [2.24, 2.45) is 5.41 Å². The average Bonchev–Trinajstić information content (AvgIpc) is 2.28. The lowest BCUT2D eigenvalue weighted by Crippen LogP contribution is -2.33. The lowest BCUT2D eigenvalue weighted by molar-refractivity contribution is -0.147. The highest BCUT2D eigenvalue weighted by atomic mass is 16.5. The van der Waals surface area contributed by atoms with E-state index < -0.39 is 5.41 Å². The van der Waals surface area contributed by atoms with Gasteiger partial charge in [-0.3, -0.25) is 4.79 Å². The molecule has 0 radical (unpaired) electrons. The van der Waals surface area contributed by atoms with Crippen LogP contribution in [0.25, 0.3) is 0 Å². The highest BCUT2D eigenvalue weighted by Gasteiger charge is 2.40. The Morgan fingerprint density at radius 2 is 2.29 bits per heavy atom. The molecular weight excluding hydrogens is 176 g/mol. The molecule has 72 valence electrons. The first kappa shape index (κ1) is 9.00. The lowest BCUT2D eigenvalue weighted by Gasteiger charge is -2.31. The number of rotatable bonds is 1. The van der Waals surface area contributed by atoms with Gasteiger partial charge in [0.05, 0.1) is 7.11 Å². The minimum Gasteiger partial charge on any atom is -0.468 e. The van der Waals surface area contributed by atoms with Gasteiger partial charge in [0.2, 0.25) is 0 Å². The molecule has 0 amide bonds. The van der Waals surface area contributed by atoms with E-state index in [-0.39, 0.29) is 5.97 Å². The minimum absolute atomic E-state index is 0.186. The number of esters is 1. The fraction of sp³-hybridized carbons (Fsp3) is 0.250. The second kappa shape index (κ2) is 3.29. The predicted molar refractivity (Wildman–Crippen MR) is 54.6 cm³/mol. The van der Waals surface area contributed by atoms with Crippen molar-refractivity contribution in [2.45, 2.75) is 6.42 Å². The standard InChI is InChI=1S/C12H12O2/c1-14-11(13)12-8-4-2-6-10(12)7-3-5-9-12/h2-8H,9H2,1H3. The van der Waals surface area contributed by atoms with Gasteiger partial charge >= 0.3 is 5.97 Å². The molecule has 0 N–H and O–H groups in total. The van der Waals surface area contributed by atoms with Crippen LogP contribution in [0, 0.1) is 5.41 Å². The first-order valence-corrected chi connectivity index (χ1v) is 4.61. The van der Waals surface area contributed by atoms with Crippen molar-refractivity contribution >= 4 is 5.97 Å². The molecule has 0 saturated carbocycles. The summed E-state index contributed by atoms with van der Waals surface area (Å²) in [5.74, 6) is -0.186. The zero-order valence-electron chi connectivity index (χ0n) is 8.07. The van der Waals surface area contributed by atoms with E-state index in [0.717, 1.165) is 5.57 Å². The molecule has 0 saturated heterocycles. The largest absolute Gasteiger partial charge is 0.468 e. The fourth-order valence-electron chi connectivity index (χ4n) is 1.89. The Labute approximate surface area is 83.3 Å². The zero-order valence-corrected chi connectivity index (χ0v) is 8.07. The monoisotopic (exact) mass is 188 g/mol. The number of carbonyl (C=O) groups is 1. The minimum atomic E-state index is -0.571. The normalized spacial score (nSPS) is 28.2. The quantitative estimate of drug-likeness (QED) is 0.589. The highest BCUT2D eigenvalue weighted by molar-refractivity contribution is 5.85. The fourth-order valence-corrected chi connectivity index (χ4v) is 1.89. The van der Waals surface area contributed by atoms with Crippen LogP contribution in [0.4, 0.5) is 0 Å². The van der Waals surface area contributed by atoms with Gasteiger partial charge in [-0.15, -0.1) is 0 Å². The van der Waals surface area contributed by atoms with Gasteiger partial charge in [0.15, 0.2) is 0 Å². The topological polar surface area (TPSA) is 26.3 Å². The Bertz CT molecular complexity index is 372. The number of hydrogen-bond acceptors (Lipinski definition) is 2. The van der Waals surface area contributed by atoms with Gasteiger partial charge < -0.3 is 4.74 Å². The van der Waals surface area contributed by atoms with Crippen molar-refractivity contribution in [2.75, 3.05) is 7.11 Å². The molecule has 0 aromatic heterocycles. The number of fused-ring (bicyclic) bond motifs is 1. The Kier molecular flexibility index (Phi) is 2.12. The van der Waals surface area contributed by atoms with Gasteiger partial charge in [-0.25, -0.2) is 0 Å². The molecule has 0 bridgehead atoms. The Balaban J connectivity index is 2.46. The second-order valence-corrected chi connectivity index (χ2v) is 3.44. The number of methoxy groups -OCH3 is 1. The molecule has 0 aromatic carbocycles. The predicted octanol–water partition coefficient (Wildman–Crippen LogP) is 2.16. The first-order chi connectivity index (χ1) is 6.79. The Hall–Kier alpha value is -1.57. The van der Waals surface area contributed by atoms with E-state index in [9.17, 15) is 4.79 Å². The molecule has 1 unspecified atom stereocenters. The molecular formula is C12H12O2. The van der Waals surface area contributed by atoms with E-state index >= 15 is 0 Å². The van der Waals surface area contributed by atoms with E-state index in [1.54, 1.807) is 0 Å². The zero-order chi connectivity index (χ0) is 10.0. The maximum Gasteiger partial charge on any atom is 0.320 e. The third kappa shape index (κ3) is 1.15. The van der Waals surface area contributed by atoms with Crippen molar-refractivity contribution < 1.29 is 9.53 Å². The second-order valence-electron chi connectivity index (χ2n) is 3.44. The molecule has 2 aliphatic carbocycles. The van der Waals surface area contributed by atoms with Crippen molar-refractivity contribution in [3.63, 3.8) is 0 Å². The van der Waals surface area contributed by atoms with Gasteiger partial charge in [-0.2, -0.15) is 0 Å². The third-order valence-electron chi connectivity index (χ3n) is 2.68. The molecule has 2 nitrogen and oxygen atoms in total. The van der Waals surface area contributed by atoms with Crippen LogP contribution in [0.15, 0.2) is 48.1 Å². The van der Waals surface area contributed by atoms with Crippen molar-refractivity contribution in [3.8, 4) is 0 Å². The molecule has 1 atom stereocenters. The van der Waals surface area contributed by atoms with Gasteiger partial charge in [0.1, 0.15) is 5.41 Å². The van der Waals surface area contributed by atoms with Crippen LogP contribution in [-0.4, -0.2) is 13.1 Å². The molecule has 2 rings (SSSR count). The van der Waals surface area contributed by atoms with E-state index in [4.69, 9.17) is 4.74 Å². The van der Waals surface area contributed by atoms with Crippen LogP contribution >= 0.6 is 0 Å². The van der Waals surface area contributed by atoms with Crippen molar-refractivity contribution in [3.05, 3.63) is 48.1 Å². The molecule has 0 aliphatic heterocycles. The molecule has 0 heterocycles. The smallest absolute Gasteiger partial charge is 0.320 e. The van der Waals surface area contributed by atoms with E-state index in [1.807, 2.05) is 42.5 Å². The summed E-state index contributed by atoms with van der Waals surface area (Å²) in [6.45, 7) is 0. The van der Waals surface area contributed by atoms with Gasteiger partial charge in [0.25, 0.3) is 0 Å². The van der Waals surface area contributed by atoms with Gasteiger partial charge in [-0.05, 0) is 12.0 Å². The van der Waals surface area contributed by atoms with Gasteiger partial charge in [-0.1, -0.05) is 42.5 Å². The molecule has 14 heavy (non-hydrogen) atoms. The highest BCUT2D eigenvalue weighted by Crippen LogP contribution is 2.40. The molecule has 2 aliphatic rings. The molecule has 2 heteroatoms. The van der Waals surface area contributed by atoms with Crippen LogP contribution in [-0.2, 0) is 9.53 Å². The van der Waals surface area contributed by atoms with Crippen molar-refractivity contribution in [1.29, 1.82) is 0 Å². The lowest BCUT2D eigenvalue weighted by atomic mass is 9.72. The maximum absolute atomic E-state index is 11.7. The number of ether oxygens (including phenoxy) is 1. The summed E-state index contributed by atoms with van der Waals surface area (Å²) in [7, 11) is 1.43. The Morgan fingerprint density at radius 1 is 1.43 bits per heavy atom. The average molecular weight is 188 g/mol. The van der Waals surface area contributed by atoms with E-state index in [1.165, 1.54) is 7.11 Å². The molecule has 0 spiro atoms.